The van der Waals surface area contributed by atoms with Gasteiger partial charge in [0.2, 0.25) is 0 Å². The molecule has 1 aliphatic rings. The topological polar surface area (TPSA) is 15.3 Å². The molecule has 1 fully saturated rings. The van der Waals surface area contributed by atoms with Gasteiger partial charge in [-0.2, -0.15) is 0 Å². The Bertz CT molecular complexity index is 365. The molecule has 94 valence electrons. The van der Waals surface area contributed by atoms with Gasteiger partial charge in [-0.05, 0) is 49.4 Å². The van der Waals surface area contributed by atoms with E-state index in [0.29, 0.717) is 6.04 Å². The highest BCUT2D eigenvalue weighted by Gasteiger charge is 2.16. The lowest BCUT2D eigenvalue weighted by atomic mass is 9.99. The molecule has 0 amide bonds. The summed E-state index contributed by atoms with van der Waals surface area (Å²) in [5.74, 6) is 0. The van der Waals surface area contributed by atoms with Gasteiger partial charge in [-0.15, -0.1) is 0 Å². The Morgan fingerprint density at radius 1 is 1.35 bits per heavy atom. The molecule has 0 aromatic heterocycles. The predicted octanol–water partition coefficient (Wildman–Crippen LogP) is 2.61. The van der Waals surface area contributed by atoms with Crippen LogP contribution in [0.15, 0.2) is 18.2 Å². The third-order valence-electron chi connectivity index (χ3n) is 3.66. The van der Waals surface area contributed by atoms with Crippen LogP contribution in [0.5, 0.6) is 0 Å². The van der Waals surface area contributed by atoms with E-state index in [1.807, 2.05) is 0 Å². The van der Waals surface area contributed by atoms with Gasteiger partial charge in [0.25, 0.3) is 0 Å². The van der Waals surface area contributed by atoms with Crippen LogP contribution in [0, 0.1) is 0 Å². The Balaban J connectivity index is 2.21. The second-order valence-corrected chi connectivity index (χ2v) is 5.21. The fraction of sp³-hybridized carbons (Fsp3) is 0.600. The molecule has 1 saturated heterocycles. The van der Waals surface area contributed by atoms with E-state index in [1.54, 1.807) is 0 Å². The molecule has 2 rings (SSSR count). The van der Waals surface area contributed by atoms with Gasteiger partial charge in [-0.3, -0.25) is 0 Å². The number of nitrogens with zero attached hydrogens (tertiary/aromatic N) is 1. The number of anilines is 1. The Morgan fingerprint density at radius 3 is 2.76 bits per heavy atom. The summed E-state index contributed by atoms with van der Waals surface area (Å²) >= 11 is 0. The second-order valence-electron chi connectivity index (χ2n) is 5.21. The number of hydrogen-bond acceptors (Lipinski definition) is 2. The van der Waals surface area contributed by atoms with Crippen LogP contribution in [0.2, 0.25) is 0 Å². The third-order valence-corrected chi connectivity index (χ3v) is 3.66. The minimum Gasteiger partial charge on any atom is -0.377 e. The summed E-state index contributed by atoms with van der Waals surface area (Å²) in [6, 6.07) is 7.58. The first-order chi connectivity index (χ1) is 8.20. The van der Waals surface area contributed by atoms with Gasteiger partial charge in [0.15, 0.2) is 0 Å². The van der Waals surface area contributed by atoms with Crippen molar-refractivity contribution in [3.8, 4) is 0 Å². The zero-order valence-corrected chi connectivity index (χ0v) is 11.3. The Kier molecular flexibility index (Phi) is 4.06. The molecule has 0 saturated carbocycles. The lowest BCUT2D eigenvalue weighted by Gasteiger charge is -2.20. The Morgan fingerprint density at radius 2 is 2.18 bits per heavy atom. The molecule has 0 spiro atoms. The van der Waals surface area contributed by atoms with Crippen LogP contribution in [-0.2, 0) is 12.8 Å². The molecule has 0 aliphatic carbocycles. The first-order valence-corrected chi connectivity index (χ1v) is 6.73. The third kappa shape index (κ3) is 3.01. The average Bonchev–Trinajstić information content (AvgIpc) is 2.81. The fourth-order valence-electron chi connectivity index (χ4n) is 2.65. The highest BCUT2D eigenvalue weighted by Crippen LogP contribution is 2.24. The maximum Gasteiger partial charge on any atom is 0.0394 e. The zero-order valence-electron chi connectivity index (χ0n) is 11.3. The van der Waals surface area contributed by atoms with Crippen molar-refractivity contribution in [3.05, 3.63) is 29.3 Å². The average molecular weight is 232 g/mol. The molecule has 1 aromatic rings. The summed E-state index contributed by atoms with van der Waals surface area (Å²) in [6.07, 6.45) is 4.94. The van der Waals surface area contributed by atoms with Crippen molar-refractivity contribution in [3.63, 3.8) is 0 Å². The molecule has 1 aliphatic heterocycles. The van der Waals surface area contributed by atoms with Gasteiger partial charge >= 0.3 is 0 Å². The fourth-order valence-corrected chi connectivity index (χ4v) is 2.65. The number of rotatable bonds is 4. The smallest absolute Gasteiger partial charge is 0.0394 e. The summed E-state index contributed by atoms with van der Waals surface area (Å²) in [7, 11) is 4.26. The van der Waals surface area contributed by atoms with Crippen molar-refractivity contribution in [1.29, 1.82) is 0 Å². The van der Waals surface area contributed by atoms with Crippen molar-refractivity contribution in [2.24, 2.45) is 0 Å². The monoisotopic (exact) mass is 232 g/mol. The molecule has 1 unspecified atom stereocenters. The molecule has 1 atom stereocenters. The minimum absolute atomic E-state index is 0.681. The van der Waals surface area contributed by atoms with Gasteiger partial charge in [0.05, 0.1) is 0 Å². The Labute approximate surface area is 105 Å². The molecule has 0 radical (unpaired) electrons. The van der Waals surface area contributed by atoms with Crippen molar-refractivity contribution >= 4 is 5.69 Å². The van der Waals surface area contributed by atoms with E-state index in [-0.39, 0.29) is 0 Å². The standard InChI is InChI=1S/C15H24N2/c1-4-12-7-8-15(17(2)3)13(10-12)11-14-6-5-9-16-14/h7-8,10,14,16H,4-6,9,11H2,1-3H3. The molecule has 2 heteroatoms. The van der Waals surface area contributed by atoms with Crippen LogP contribution in [-0.4, -0.2) is 26.7 Å². The molecule has 1 N–H and O–H groups in total. The summed E-state index contributed by atoms with van der Waals surface area (Å²) < 4.78 is 0. The number of hydrogen-bond donors (Lipinski definition) is 1. The summed E-state index contributed by atoms with van der Waals surface area (Å²) in [5.41, 5.74) is 4.31. The number of aryl methyl sites for hydroxylation is 1. The highest BCUT2D eigenvalue weighted by atomic mass is 15.1. The van der Waals surface area contributed by atoms with Crippen molar-refractivity contribution in [2.45, 2.75) is 38.6 Å². The van der Waals surface area contributed by atoms with E-state index in [2.05, 4.69) is 49.4 Å². The van der Waals surface area contributed by atoms with Gasteiger partial charge < -0.3 is 10.2 Å². The van der Waals surface area contributed by atoms with Crippen molar-refractivity contribution in [1.82, 2.24) is 5.32 Å². The second kappa shape index (κ2) is 5.54. The van der Waals surface area contributed by atoms with Gasteiger partial charge in [-0.25, -0.2) is 0 Å². The molecular formula is C15H24N2. The maximum atomic E-state index is 3.59. The van der Waals surface area contributed by atoms with Crippen LogP contribution in [0.3, 0.4) is 0 Å². The SMILES string of the molecule is CCc1ccc(N(C)C)c(CC2CCCN2)c1. The van der Waals surface area contributed by atoms with E-state index in [0.717, 1.165) is 6.42 Å². The first kappa shape index (κ1) is 12.4. The lowest BCUT2D eigenvalue weighted by molar-refractivity contribution is 0.602. The molecular weight excluding hydrogens is 208 g/mol. The van der Waals surface area contributed by atoms with Crippen LogP contribution >= 0.6 is 0 Å². The molecule has 0 bridgehead atoms. The van der Waals surface area contributed by atoms with Crippen LogP contribution in [0.4, 0.5) is 5.69 Å². The van der Waals surface area contributed by atoms with Gasteiger partial charge in [0, 0.05) is 25.8 Å². The quantitative estimate of drug-likeness (QED) is 0.858. The highest BCUT2D eigenvalue weighted by molar-refractivity contribution is 5.54. The van der Waals surface area contributed by atoms with E-state index < -0.39 is 0 Å². The van der Waals surface area contributed by atoms with Crippen LogP contribution in [0.25, 0.3) is 0 Å². The van der Waals surface area contributed by atoms with E-state index in [9.17, 15) is 0 Å². The van der Waals surface area contributed by atoms with E-state index >= 15 is 0 Å². The largest absolute Gasteiger partial charge is 0.377 e. The molecule has 1 aromatic carbocycles. The summed E-state index contributed by atoms with van der Waals surface area (Å²) in [5, 5.41) is 3.59. The van der Waals surface area contributed by atoms with E-state index in [1.165, 1.54) is 42.6 Å². The lowest BCUT2D eigenvalue weighted by Crippen LogP contribution is -2.25. The van der Waals surface area contributed by atoms with Gasteiger partial charge in [0.1, 0.15) is 0 Å². The van der Waals surface area contributed by atoms with E-state index in [4.69, 9.17) is 0 Å². The molecule has 17 heavy (non-hydrogen) atoms. The number of benzene rings is 1. The molecule has 2 nitrogen and oxygen atoms in total. The van der Waals surface area contributed by atoms with Crippen molar-refractivity contribution in [2.75, 3.05) is 25.5 Å². The van der Waals surface area contributed by atoms with Crippen LogP contribution < -0.4 is 10.2 Å². The van der Waals surface area contributed by atoms with Crippen molar-refractivity contribution < 1.29 is 0 Å². The Hall–Kier alpha value is -1.02. The predicted molar refractivity (Wildman–Crippen MR) is 74.9 cm³/mol. The molecule has 1 heterocycles. The minimum atomic E-state index is 0.681. The maximum absolute atomic E-state index is 3.59. The zero-order chi connectivity index (χ0) is 12.3. The first-order valence-electron chi connectivity index (χ1n) is 6.73. The normalized spacial score (nSPS) is 19.6. The summed E-state index contributed by atoms with van der Waals surface area (Å²) in [6.45, 7) is 3.41. The van der Waals surface area contributed by atoms with Gasteiger partial charge in [-0.1, -0.05) is 19.1 Å². The number of nitrogens with one attached hydrogen (secondary N) is 1. The summed E-state index contributed by atoms with van der Waals surface area (Å²) in [4.78, 5) is 2.23. The van der Waals surface area contributed by atoms with Crippen LogP contribution in [0.1, 0.15) is 30.9 Å².